The van der Waals surface area contributed by atoms with E-state index >= 15 is 0 Å². The van der Waals surface area contributed by atoms with Gasteiger partial charge in [0.2, 0.25) is 0 Å². The Bertz CT molecular complexity index is 1110. The molecule has 2 heterocycles. The molecule has 1 N–H and O–H groups in total. The van der Waals surface area contributed by atoms with E-state index in [-0.39, 0.29) is 17.4 Å². The number of carbonyl (C=O) groups is 1. The summed E-state index contributed by atoms with van der Waals surface area (Å²) >= 11 is 0. The highest BCUT2D eigenvalue weighted by atomic mass is 16.5. The number of benzene rings is 1. The van der Waals surface area contributed by atoms with Crippen LogP contribution in [0.15, 0.2) is 48.9 Å². The van der Waals surface area contributed by atoms with Crippen molar-refractivity contribution in [3.63, 3.8) is 0 Å². The summed E-state index contributed by atoms with van der Waals surface area (Å²) in [5, 5.41) is 3.19. The summed E-state index contributed by atoms with van der Waals surface area (Å²) in [4.78, 5) is 26.5. The number of fused-ring (bicyclic) bond motifs is 1. The summed E-state index contributed by atoms with van der Waals surface area (Å²) in [6, 6.07) is 9.63. The Labute approximate surface area is 189 Å². The largest absolute Gasteiger partial charge is 0.481 e. The van der Waals surface area contributed by atoms with Crippen molar-refractivity contribution < 1.29 is 9.53 Å². The molecule has 4 rings (SSSR count). The smallest absolute Gasteiger partial charge is 0.261 e. The van der Waals surface area contributed by atoms with Crippen molar-refractivity contribution in [1.29, 1.82) is 0 Å². The lowest BCUT2D eigenvalue weighted by Crippen LogP contribution is -2.42. The molecule has 6 nitrogen and oxygen atoms in total. The average Bonchev–Trinajstić information content (AvgIpc) is 2.72. The van der Waals surface area contributed by atoms with Gasteiger partial charge in [0.1, 0.15) is 5.75 Å². The molecule has 0 radical (unpaired) electrons. The van der Waals surface area contributed by atoms with E-state index in [9.17, 15) is 4.79 Å². The van der Waals surface area contributed by atoms with Crippen LogP contribution in [0.4, 0.5) is 0 Å². The average molecular weight is 431 g/mol. The van der Waals surface area contributed by atoms with Crippen molar-refractivity contribution in [3.05, 3.63) is 71.3 Å². The number of nitrogens with zero attached hydrogens (tertiary/aromatic N) is 3. The van der Waals surface area contributed by atoms with E-state index in [1.807, 2.05) is 44.3 Å². The van der Waals surface area contributed by atoms with Gasteiger partial charge in [0.15, 0.2) is 11.9 Å². The van der Waals surface area contributed by atoms with Gasteiger partial charge < -0.3 is 10.1 Å². The third-order valence-corrected chi connectivity index (χ3v) is 5.81. The Morgan fingerprint density at radius 1 is 1.16 bits per heavy atom. The molecule has 1 aliphatic rings. The zero-order valence-electron chi connectivity index (χ0n) is 19.3. The van der Waals surface area contributed by atoms with Crippen LogP contribution in [0.3, 0.4) is 0 Å². The fourth-order valence-corrected chi connectivity index (χ4v) is 4.36. The molecule has 1 amide bonds. The number of amides is 1. The first-order valence-corrected chi connectivity index (χ1v) is 11.0. The predicted molar refractivity (Wildman–Crippen MR) is 124 cm³/mol. The zero-order chi connectivity index (χ0) is 22.9. The van der Waals surface area contributed by atoms with Crippen LogP contribution in [0.2, 0.25) is 0 Å². The molecular weight excluding hydrogens is 400 g/mol. The zero-order valence-corrected chi connectivity index (χ0v) is 19.3. The highest BCUT2D eigenvalue weighted by Crippen LogP contribution is 2.40. The highest BCUT2D eigenvalue weighted by Gasteiger charge is 2.35. The van der Waals surface area contributed by atoms with Gasteiger partial charge in [-0.2, -0.15) is 0 Å². The number of hydrogen-bond acceptors (Lipinski definition) is 5. The Hall–Kier alpha value is -3.28. The molecule has 0 saturated carbocycles. The summed E-state index contributed by atoms with van der Waals surface area (Å²) in [5.74, 6) is 1.25. The molecule has 0 aliphatic heterocycles. The monoisotopic (exact) mass is 430 g/mol. The molecule has 0 unspecified atom stereocenters. The molecule has 0 spiro atoms. The second-order valence-corrected chi connectivity index (χ2v) is 9.52. The van der Waals surface area contributed by atoms with Gasteiger partial charge in [-0.3, -0.25) is 9.78 Å². The summed E-state index contributed by atoms with van der Waals surface area (Å²) < 4.78 is 5.95. The van der Waals surface area contributed by atoms with Crippen molar-refractivity contribution >= 4 is 5.91 Å². The summed E-state index contributed by atoms with van der Waals surface area (Å²) in [6.07, 6.45) is 6.38. The Balaban J connectivity index is 1.54. The van der Waals surface area contributed by atoms with Crippen molar-refractivity contribution in [3.8, 4) is 17.1 Å². The van der Waals surface area contributed by atoms with E-state index in [1.54, 1.807) is 19.3 Å². The quantitative estimate of drug-likeness (QED) is 0.632. The molecule has 0 fully saturated rings. The molecular formula is C26H30N4O2. The van der Waals surface area contributed by atoms with E-state index in [1.165, 1.54) is 0 Å². The van der Waals surface area contributed by atoms with Crippen molar-refractivity contribution in [2.45, 2.75) is 59.6 Å². The number of hydrogen-bond donors (Lipinski definition) is 1. The first-order chi connectivity index (χ1) is 15.2. The van der Waals surface area contributed by atoms with Crippen LogP contribution in [0.5, 0.6) is 5.75 Å². The summed E-state index contributed by atoms with van der Waals surface area (Å²) in [7, 11) is 0. The standard InChI is InChI=1S/C26H30N4O2/c1-16-10-17(2)12-20(11-16)32-18(3)25(31)30-23-14-26(4,5)13-22-21(23)15-28-24(29-22)19-6-8-27-9-7-19/h6-12,15,18,23H,13-14H2,1-5H3,(H,30,31)/t18-,23-/m1/s1. The molecule has 1 aromatic carbocycles. The molecule has 1 aliphatic carbocycles. The maximum Gasteiger partial charge on any atom is 0.261 e. The topological polar surface area (TPSA) is 77.0 Å². The van der Waals surface area contributed by atoms with Crippen LogP contribution < -0.4 is 10.1 Å². The van der Waals surface area contributed by atoms with Gasteiger partial charge in [0.05, 0.1) is 11.7 Å². The second kappa shape index (κ2) is 8.69. The van der Waals surface area contributed by atoms with Crippen molar-refractivity contribution in [2.75, 3.05) is 0 Å². The summed E-state index contributed by atoms with van der Waals surface area (Å²) in [6.45, 7) is 10.2. The van der Waals surface area contributed by atoms with Crippen LogP contribution in [0.25, 0.3) is 11.4 Å². The number of ether oxygens (including phenoxy) is 1. The Morgan fingerprint density at radius 3 is 2.53 bits per heavy atom. The number of carbonyl (C=O) groups excluding carboxylic acids is 1. The van der Waals surface area contributed by atoms with Gasteiger partial charge in [-0.25, -0.2) is 9.97 Å². The highest BCUT2D eigenvalue weighted by molar-refractivity contribution is 5.81. The molecule has 0 bridgehead atoms. The third-order valence-electron chi connectivity index (χ3n) is 5.81. The number of pyridine rings is 1. The first-order valence-electron chi connectivity index (χ1n) is 11.0. The Kier molecular flexibility index (Phi) is 5.96. The molecule has 6 heteroatoms. The first kappa shape index (κ1) is 21.9. The van der Waals surface area contributed by atoms with Crippen LogP contribution in [-0.4, -0.2) is 27.0 Å². The van der Waals surface area contributed by atoms with Gasteiger partial charge in [0, 0.05) is 29.7 Å². The fraction of sp³-hybridized carbons (Fsp3) is 0.385. The molecule has 2 atom stereocenters. The number of rotatable bonds is 5. The van der Waals surface area contributed by atoms with E-state index in [0.717, 1.165) is 40.8 Å². The lowest BCUT2D eigenvalue weighted by molar-refractivity contribution is -0.128. The van der Waals surface area contributed by atoms with E-state index in [2.05, 4.69) is 35.2 Å². The van der Waals surface area contributed by atoms with Crippen LogP contribution in [-0.2, 0) is 11.2 Å². The van der Waals surface area contributed by atoms with Gasteiger partial charge >= 0.3 is 0 Å². The Morgan fingerprint density at radius 2 is 1.84 bits per heavy atom. The maximum absolute atomic E-state index is 13.0. The van der Waals surface area contributed by atoms with E-state index in [0.29, 0.717) is 11.6 Å². The van der Waals surface area contributed by atoms with Crippen LogP contribution >= 0.6 is 0 Å². The fourth-order valence-electron chi connectivity index (χ4n) is 4.36. The number of aryl methyl sites for hydroxylation is 2. The second-order valence-electron chi connectivity index (χ2n) is 9.52. The normalized spacial score (nSPS) is 17.8. The minimum atomic E-state index is -0.610. The van der Waals surface area contributed by atoms with Gasteiger partial charge in [0.25, 0.3) is 5.91 Å². The molecule has 0 saturated heterocycles. The van der Waals surface area contributed by atoms with E-state index in [4.69, 9.17) is 9.72 Å². The molecule has 166 valence electrons. The summed E-state index contributed by atoms with van der Waals surface area (Å²) in [5.41, 5.74) is 5.12. The van der Waals surface area contributed by atoms with Gasteiger partial charge in [-0.05, 0) is 74.4 Å². The predicted octanol–water partition coefficient (Wildman–Crippen LogP) is 4.75. The molecule has 32 heavy (non-hydrogen) atoms. The minimum absolute atomic E-state index is 0.00651. The third kappa shape index (κ3) is 4.96. The maximum atomic E-state index is 13.0. The number of aromatic nitrogens is 3. The van der Waals surface area contributed by atoms with Crippen LogP contribution in [0, 0.1) is 19.3 Å². The van der Waals surface area contributed by atoms with Crippen LogP contribution in [0.1, 0.15) is 55.6 Å². The lowest BCUT2D eigenvalue weighted by atomic mass is 9.74. The number of nitrogens with one attached hydrogen (secondary N) is 1. The van der Waals surface area contributed by atoms with Gasteiger partial charge in [-0.1, -0.05) is 19.9 Å². The minimum Gasteiger partial charge on any atom is -0.481 e. The molecule has 2 aromatic heterocycles. The molecule has 3 aromatic rings. The van der Waals surface area contributed by atoms with Crippen molar-refractivity contribution in [1.82, 2.24) is 20.3 Å². The lowest BCUT2D eigenvalue weighted by Gasteiger charge is -2.37. The van der Waals surface area contributed by atoms with Gasteiger partial charge in [-0.15, -0.1) is 0 Å². The van der Waals surface area contributed by atoms with Crippen molar-refractivity contribution in [2.24, 2.45) is 5.41 Å². The van der Waals surface area contributed by atoms with E-state index < -0.39 is 6.10 Å². The SMILES string of the molecule is Cc1cc(C)cc(O[C@H](C)C(=O)N[C@@H]2CC(C)(C)Cc3nc(-c4ccncc4)ncc32)c1.